The molecule has 0 spiro atoms. The first kappa shape index (κ1) is 9.29. The second-order valence-corrected chi connectivity index (χ2v) is 3.79. The summed E-state index contributed by atoms with van der Waals surface area (Å²) in [5, 5.41) is 14.5. The van der Waals surface area contributed by atoms with E-state index < -0.39 is 0 Å². The number of fused-ring (bicyclic) bond motifs is 1. The van der Waals surface area contributed by atoms with Crippen LogP contribution in [-0.2, 0) is 13.2 Å². The molecule has 0 fully saturated rings. The van der Waals surface area contributed by atoms with Gasteiger partial charge in [0.05, 0.1) is 6.67 Å². The van der Waals surface area contributed by atoms with Crippen molar-refractivity contribution in [2.24, 2.45) is 0 Å². The highest BCUT2D eigenvalue weighted by Gasteiger charge is 2.16. The second kappa shape index (κ2) is 3.90. The van der Waals surface area contributed by atoms with Crippen molar-refractivity contribution in [2.75, 3.05) is 12.0 Å². The molecule has 0 amide bonds. The lowest BCUT2D eigenvalue weighted by Crippen LogP contribution is -2.37. The SMILES string of the molecule is c1ccc(CN2CNc3nnnn3C2)cc1. The molecule has 0 unspecified atom stereocenters. The summed E-state index contributed by atoms with van der Waals surface area (Å²) in [6.45, 7) is 2.40. The molecule has 6 heteroatoms. The maximum atomic E-state index is 3.90. The van der Waals surface area contributed by atoms with E-state index in [9.17, 15) is 0 Å². The van der Waals surface area contributed by atoms with Crippen molar-refractivity contribution < 1.29 is 0 Å². The van der Waals surface area contributed by atoms with Crippen LogP contribution in [0.4, 0.5) is 5.95 Å². The molecule has 1 N–H and O–H groups in total. The summed E-state index contributed by atoms with van der Waals surface area (Å²) < 4.78 is 1.76. The van der Waals surface area contributed by atoms with E-state index >= 15 is 0 Å². The van der Waals surface area contributed by atoms with Crippen LogP contribution in [0.1, 0.15) is 5.56 Å². The first-order chi connectivity index (χ1) is 7.92. The van der Waals surface area contributed by atoms with E-state index in [-0.39, 0.29) is 0 Å². The molecule has 82 valence electrons. The van der Waals surface area contributed by atoms with Gasteiger partial charge in [-0.05, 0) is 16.0 Å². The Labute approximate surface area is 92.9 Å². The summed E-state index contributed by atoms with van der Waals surface area (Å²) in [6.07, 6.45) is 0. The smallest absolute Gasteiger partial charge is 0.245 e. The molecular weight excluding hydrogens is 204 g/mol. The highest BCUT2D eigenvalue weighted by molar-refractivity contribution is 5.23. The van der Waals surface area contributed by atoms with E-state index in [2.05, 4.69) is 50.0 Å². The lowest BCUT2D eigenvalue weighted by atomic mass is 10.2. The number of anilines is 1. The normalized spacial score (nSPS) is 15.5. The molecule has 6 nitrogen and oxygen atoms in total. The fraction of sp³-hybridized carbons (Fsp3) is 0.300. The molecule has 16 heavy (non-hydrogen) atoms. The predicted octanol–water partition coefficient (Wildman–Crippen LogP) is 0.516. The Morgan fingerprint density at radius 2 is 2.12 bits per heavy atom. The van der Waals surface area contributed by atoms with Crippen molar-refractivity contribution in [1.82, 2.24) is 25.1 Å². The first-order valence-electron chi connectivity index (χ1n) is 5.18. The Kier molecular flexibility index (Phi) is 2.26. The number of nitrogens with one attached hydrogen (secondary N) is 1. The van der Waals surface area contributed by atoms with Crippen LogP contribution < -0.4 is 5.32 Å². The largest absolute Gasteiger partial charge is 0.340 e. The van der Waals surface area contributed by atoms with Crippen molar-refractivity contribution in [3.8, 4) is 0 Å². The van der Waals surface area contributed by atoms with Crippen LogP contribution >= 0.6 is 0 Å². The third-order valence-corrected chi connectivity index (χ3v) is 2.58. The van der Waals surface area contributed by atoms with Gasteiger partial charge in [0.1, 0.15) is 6.67 Å². The molecule has 2 aromatic rings. The Morgan fingerprint density at radius 3 is 3.00 bits per heavy atom. The molecule has 1 aromatic carbocycles. The molecule has 0 radical (unpaired) electrons. The third-order valence-electron chi connectivity index (χ3n) is 2.58. The molecule has 0 saturated heterocycles. The number of benzene rings is 1. The Hall–Kier alpha value is -1.95. The zero-order valence-corrected chi connectivity index (χ0v) is 8.74. The number of nitrogens with zero attached hydrogens (tertiary/aromatic N) is 5. The van der Waals surface area contributed by atoms with Gasteiger partial charge in [-0.1, -0.05) is 35.4 Å². The monoisotopic (exact) mass is 216 g/mol. The average molecular weight is 216 g/mol. The fourth-order valence-electron chi connectivity index (χ4n) is 1.80. The van der Waals surface area contributed by atoms with E-state index in [4.69, 9.17) is 0 Å². The molecule has 1 aromatic heterocycles. The van der Waals surface area contributed by atoms with Gasteiger partial charge in [0, 0.05) is 6.54 Å². The van der Waals surface area contributed by atoms with Gasteiger partial charge in [0.2, 0.25) is 5.95 Å². The van der Waals surface area contributed by atoms with Gasteiger partial charge in [-0.25, -0.2) is 0 Å². The van der Waals surface area contributed by atoms with E-state index in [1.54, 1.807) is 4.68 Å². The average Bonchev–Trinajstić information content (AvgIpc) is 2.77. The molecular formula is C10H12N6. The van der Waals surface area contributed by atoms with Crippen molar-refractivity contribution in [1.29, 1.82) is 0 Å². The summed E-state index contributed by atoms with van der Waals surface area (Å²) in [5.41, 5.74) is 1.29. The topological polar surface area (TPSA) is 58.9 Å². The van der Waals surface area contributed by atoms with Gasteiger partial charge >= 0.3 is 0 Å². The number of hydrogen-bond acceptors (Lipinski definition) is 5. The van der Waals surface area contributed by atoms with E-state index in [1.165, 1.54) is 5.56 Å². The van der Waals surface area contributed by atoms with Crippen molar-refractivity contribution in [3.05, 3.63) is 35.9 Å². The van der Waals surface area contributed by atoms with Crippen molar-refractivity contribution in [2.45, 2.75) is 13.2 Å². The zero-order chi connectivity index (χ0) is 10.8. The minimum Gasteiger partial charge on any atom is -0.340 e. The lowest BCUT2D eigenvalue weighted by Gasteiger charge is -2.26. The van der Waals surface area contributed by atoms with Crippen LogP contribution in [0.15, 0.2) is 30.3 Å². The standard InChI is InChI=1S/C10H12N6/c1-2-4-9(5-3-1)6-15-7-11-10-12-13-14-16(10)8-15/h1-5H,6-8H2,(H,11,12,14). The van der Waals surface area contributed by atoms with Crippen LogP contribution in [0.5, 0.6) is 0 Å². The molecule has 3 rings (SSSR count). The van der Waals surface area contributed by atoms with Gasteiger partial charge in [0.25, 0.3) is 0 Å². The van der Waals surface area contributed by atoms with Crippen LogP contribution in [0, 0.1) is 0 Å². The molecule has 0 atom stereocenters. The van der Waals surface area contributed by atoms with E-state index in [1.807, 2.05) is 6.07 Å². The van der Waals surface area contributed by atoms with Crippen LogP contribution in [-0.4, -0.2) is 31.8 Å². The number of rotatable bonds is 2. The van der Waals surface area contributed by atoms with Crippen LogP contribution in [0.25, 0.3) is 0 Å². The summed E-state index contributed by atoms with van der Waals surface area (Å²) >= 11 is 0. The van der Waals surface area contributed by atoms with Gasteiger partial charge in [0.15, 0.2) is 0 Å². The minimum atomic E-state index is 0.726. The van der Waals surface area contributed by atoms with Crippen LogP contribution in [0.2, 0.25) is 0 Å². The Balaban J connectivity index is 1.71. The lowest BCUT2D eigenvalue weighted by molar-refractivity contribution is 0.196. The van der Waals surface area contributed by atoms with Crippen molar-refractivity contribution in [3.63, 3.8) is 0 Å². The number of aromatic nitrogens is 4. The van der Waals surface area contributed by atoms with Gasteiger partial charge < -0.3 is 5.32 Å². The van der Waals surface area contributed by atoms with Gasteiger partial charge in [-0.3, -0.25) is 4.90 Å². The van der Waals surface area contributed by atoms with Crippen LogP contribution in [0.3, 0.4) is 0 Å². The predicted molar refractivity (Wildman–Crippen MR) is 58.3 cm³/mol. The fourth-order valence-corrected chi connectivity index (χ4v) is 1.80. The van der Waals surface area contributed by atoms with E-state index in [0.717, 1.165) is 25.8 Å². The summed E-state index contributed by atoms with van der Waals surface area (Å²) in [7, 11) is 0. The van der Waals surface area contributed by atoms with Crippen molar-refractivity contribution >= 4 is 5.95 Å². The quantitative estimate of drug-likeness (QED) is 0.793. The highest BCUT2D eigenvalue weighted by atomic mass is 15.6. The molecule has 0 bridgehead atoms. The third kappa shape index (κ3) is 1.74. The highest BCUT2D eigenvalue weighted by Crippen LogP contribution is 2.11. The maximum Gasteiger partial charge on any atom is 0.245 e. The van der Waals surface area contributed by atoms with E-state index in [0.29, 0.717) is 0 Å². The Bertz CT molecular complexity index is 465. The number of tetrazole rings is 1. The Morgan fingerprint density at radius 1 is 1.25 bits per heavy atom. The molecule has 1 aliphatic rings. The first-order valence-corrected chi connectivity index (χ1v) is 5.18. The maximum absolute atomic E-state index is 3.90. The summed E-state index contributed by atoms with van der Waals surface area (Å²) in [4.78, 5) is 2.23. The van der Waals surface area contributed by atoms with Gasteiger partial charge in [-0.2, -0.15) is 4.68 Å². The molecule has 1 aliphatic heterocycles. The number of hydrogen-bond donors (Lipinski definition) is 1. The zero-order valence-electron chi connectivity index (χ0n) is 8.74. The minimum absolute atomic E-state index is 0.726. The second-order valence-electron chi connectivity index (χ2n) is 3.79. The molecule has 2 heterocycles. The summed E-state index contributed by atoms with van der Waals surface area (Å²) in [5.74, 6) is 0.740. The molecule has 0 aliphatic carbocycles. The van der Waals surface area contributed by atoms with Gasteiger partial charge in [-0.15, -0.1) is 0 Å². The molecule has 0 saturated carbocycles. The summed E-state index contributed by atoms with van der Waals surface area (Å²) in [6, 6.07) is 10.4.